The van der Waals surface area contributed by atoms with Gasteiger partial charge in [0.15, 0.2) is 16.7 Å². The number of benzene rings is 1. The molecule has 0 amide bonds. The van der Waals surface area contributed by atoms with Crippen molar-refractivity contribution in [1.82, 2.24) is 9.97 Å². The molecule has 0 fully saturated rings. The van der Waals surface area contributed by atoms with E-state index in [9.17, 15) is 4.79 Å². The third kappa shape index (κ3) is 4.16. The number of carbonyl (C=O) groups excluding carboxylic acids is 1. The van der Waals surface area contributed by atoms with Crippen LogP contribution in [0.4, 0.5) is 5.82 Å². The number of nitrogens with two attached hydrogens (primary N) is 1. The Balaban J connectivity index is 1.71. The second-order valence-electron chi connectivity index (χ2n) is 5.05. The van der Waals surface area contributed by atoms with Crippen LogP contribution in [-0.4, -0.2) is 35.8 Å². The molecule has 9 heteroatoms. The fourth-order valence-corrected chi connectivity index (χ4v) is 3.63. The summed E-state index contributed by atoms with van der Waals surface area (Å²) in [5.41, 5.74) is 7.02. The summed E-state index contributed by atoms with van der Waals surface area (Å²) in [6, 6.07) is 3.82. The van der Waals surface area contributed by atoms with E-state index in [0.717, 1.165) is 21.5 Å². The molecular weight excluding hydrogens is 410 g/mol. The standard InChI is InChI=1S/C16H16BrN3O4S/c1-2-22-15(21)10-7-19-16(20-14(10)18)25-8-9-5-12-13(6-11(9)17)24-4-3-23-12/h5-7H,2-4,8H2,1H3,(H2,18,19,20). The minimum atomic E-state index is -0.522. The zero-order chi connectivity index (χ0) is 17.8. The van der Waals surface area contributed by atoms with Crippen LogP contribution in [0.3, 0.4) is 0 Å². The summed E-state index contributed by atoms with van der Waals surface area (Å²) < 4.78 is 17.0. The van der Waals surface area contributed by atoms with Gasteiger partial charge in [-0.05, 0) is 24.6 Å². The highest BCUT2D eigenvalue weighted by molar-refractivity contribution is 9.10. The Morgan fingerprint density at radius 1 is 1.36 bits per heavy atom. The lowest BCUT2D eigenvalue weighted by atomic mass is 10.2. The zero-order valence-electron chi connectivity index (χ0n) is 13.5. The first-order valence-electron chi connectivity index (χ1n) is 7.59. The van der Waals surface area contributed by atoms with E-state index in [-0.39, 0.29) is 18.0 Å². The first-order chi connectivity index (χ1) is 12.1. The molecule has 25 heavy (non-hydrogen) atoms. The van der Waals surface area contributed by atoms with Crippen molar-refractivity contribution in [2.75, 3.05) is 25.6 Å². The predicted molar refractivity (Wildman–Crippen MR) is 97.1 cm³/mol. The third-order valence-corrected chi connectivity index (χ3v) is 5.01. The highest BCUT2D eigenvalue weighted by Crippen LogP contribution is 2.37. The van der Waals surface area contributed by atoms with Gasteiger partial charge in [-0.2, -0.15) is 0 Å². The van der Waals surface area contributed by atoms with Crippen molar-refractivity contribution in [3.63, 3.8) is 0 Å². The average Bonchev–Trinajstić information content (AvgIpc) is 2.60. The van der Waals surface area contributed by atoms with E-state index in [0.29, 0.717) is 24.1 Å². The van der Waals surface area contributed by atoms with E-state index in [2.05, 4.69) is 25.9 Å². The summed E-state index contributed by atoms with van der Waals surface area (Å²) in [5, 5.41) is 0.479. The van der Waals surface area contributed by atoms with Crippen LogP contribution in [0.2, 0.25) is 0 Å². The topological polar surface area (TPSA) is 96.6 Å². The number of anilines is 1. The van der Waals surface area contributed by atoms with Crippen molar-refractivity contribution in [1.29, 1.82) is 0 Å². The Hall–Kier alpha value is -2.00. The Kier molecular flexibility index (Phi) is 5.64. The van der Waals surface area contributed by atoms with Crippen molar-refractivity contribution in [2.45, 2.75) is 17.8 Å². The van der Waals surface area contributed by atoms with Gasteiger partial charge in [0.2, 0.25) is 0 Å². The minimum Gasteiger partial charge on any atom is -0.486 e. The molecule has 0 unspecified atom stereocenters. The third-order valence-electron chi connectivity index (χ3n) is 3.36. The molecule has 1 aliphatic rings. The van der Waals surface area contributed by atoms with E-state index < -0.39 is 5.97 Å². The molecule has 0 saturated heterocycles. The van der Waals surface area contributed by atoms with Crippen LogP contribution in [0, 0.1) is 0 Å². The van der Waals surface area contributed by atoms with E-state index in [1.54, 1.807) is 6.92 Å². The van der Waals surface area contributed by atoms with Crippen LogP contribution in [0.25, 0.3) is 0 Å². The number of hydrogen-bond donors (Lipinski definition) is 1. The molecule has 132 valence electrons. The molecule has 0 aliphatic carbocycles. The van der Waals surface area contributed by atoms with Crippen LogP contribution >= 0.6 is 27.7 Å². The smallest absolute Gasteiger partial charge is 0.343 e. The highest BCUT2D eigenvalue weighted by Gasteiger charge is 2.17. The number of halogens is 1. The summed E-state index contributed by atoms with van der Waals surface area (Å²) in [4.78, 5) is 20.1. The normalized spacial score (nSPS) is 12.7. The van der Waals surface area contributed by atoms with Crippen LogP contribution in [0.15, 0.2) is 28.0 Å². The van der Waals surface area contributed by atoms with Gasteiger partial charge < -0.3 is 19.9 Å². The second-order valence-corrected chi connectivity index (χ2v) is 6.84. The highest BCUT2D eigenvalue weighted by atomic mass is 79.9. The molecule has 3 rings (SSSR count). The minimum absolute atomic E-state index is 0.109. The molecule has 1 aromatic carbocycles. The quantitative estimate of drug-likeness (QED) is 0.443. The maximum atomic E-state index is 11.7. The largest absolute Gasteiger partial charge is 0.486 e. The molecule has 0 atom stereocenters. The van der Waals surface area contributed by atoms with Crippen LogP contribution in [-0.2, 0) is 10.5 Å². The molecule has 7 nitrogen and oxygen atoms in total. The number of esters is 1. The Bertz CT molecular complexity index is 803. The van der Waals surface area contributed by atoms with Gasteiger partial charge in [-0.25, -0.2) is 14.8 Å². The van der Waals surface area contributed by atoms with Crippen LogP contribution in [0.5, 0.6) is 11.5 Å². The SMILES string of the molecule is CCOC(=O)c1cnc(SCc2cc3c(cc2Br)OCCO3)nc1N. The maximum Gasteiger partial charge on any atom is 0.343 e. The Morgan fingerprint density at radius 2 is 2.08 bits per heavy atom. The lowest BCUT2D eigenvalue weighted by Crippen LogP contribution is -2.15. The average molecular weight is 426 g/mol. The van der Waals surface area contributed by atoms with Crippen molar-refractivity contribution in [3.05, 3.63) is 33.9 Å². The van der Waals surface area contributed by atoms with Gasteiger partial charge in [-0.1, -0.05) is 27.7 Å². The number of fused-ring (bicyclic) bond motifs is 1. The monoisotopic (exact) mass is 425 g/mol. The number of nitrogens with zero attached hydrogens (tertiary/aromatic N) is 2. The molecule has 1 aromatic heterocycles. The van der Waals surface area contributed by atoms with Gasteiger partial charge in [0, 0.05) is 16.4 Å². The summed E-state index contributed by atoms with van der Waals surface area (Å²) >= 11 is 4.94. The van der Waals surface area contributed by atoms with Crippen molar-refractivity contribution >= 4 is 39.5 Å². The Morgan fingerprint density at radius 3 is 2.76 bits per heavy atom. The second kappa shape index (κ2) is 7.92. The fourth-order valence-electron chi connectivity index (χ4n) is 2.17. The lowest BCUT2D eigenvalue weighted by Gasteiger charge is -2.19. The van der Waals surface area contributed by atoms with Gasteiger partial charge in [0.05, 0.1) is 6.61 Å². The van der Waals surface area contributed by atoms with E-state index in [4.69, 9.17) is 19.9 Å². The first-order valence-corrected chi connectivity index (χ1v) is 9.36. The molecule has 2 heterocycles. The van der Waals surface area contributed by atoms with E-state index >= 15 is 0 Å². The fraction of sp³-hybridized carbons (Fsp3) is 0.312. The number of ether oxygens (including phenoxy) is 3. The zero-order valence-corrected chi connectivity index (χ0v) is 15.9. The molecule has 0 bridgehead atoms. The van der Waals surface area contributed by atoms with Crippen LogP contribution < -0.4 is 15.2 Å². The number of rotatable bonds is 5. The van der Waals surface area contributed by atoms with Crippen molar-refractivity contribution in [2.24, 2.45) is 0 Å². The summed E-state index contributed by atoms with van der Waals surface area (Å²) in [6.45, 7) is 3.08. The van der Waals surface area contributed by atoms with E-state index in [1.165, 1.54) is 18.0 Å². The summed E-state index contributed by atoms with van der Waals surface area (Å²) in [7, 11) is 0. The molecule has 0 spiro atoms. The number of nitrogen functional groups attached to an aromatic ring is 1. The number of aromatic nitrogens is 2. The molecule has 2 aromatic rings. The molecule has 1 aliphatic heterocycles. The summed E-state index contributed by atoms with van der Waals surface area (Å²) in [6.07, 6.45) is 1.39. The van der Waals surface area contributed by atoms with Gasteiger partial charge in [-0.15, -0.1) is 0 Å². The van der Waals surface area contributed by atoms with Gasteiger partial charge in [0.1, 0.15) is 24.6 Å². The number of hydrogen-bond acceptors (Lipinski definition) is 8. The molecular formula is C16H16BrN3O4S. The van der Waals surface area contributed by atoms with Gasteiger partial charge >= 0.3 is 5.97 Å². The maximum absolute atomic E-state index is 11.7. The molecule has 2 N–H and O–H groups in total. The number of carbonyl (C=O) groups is 1. The van der Waals surface area contributed by atoms with E-state index in [1.807, 2.05) is 12.1 Å². The first kappa shape index (κ1) is 17.8. The Labute approximate surface area is 157 Å². The van der Waals surface area contributed by atoms with Gasteiger partial charge in [0.25, 0.3) is 0 Å². The molecule has 0 saturated carbocycles. The van der Waals surface area contributed by atoms with Crippen molar-refractivity contribution in [3.8, 4) is 11.5 Å². The summed E-state index contributed by atoms with van der Waals surface area (Å²) in [5.74, 6) is 1.65. The predicted octanol–water partition coefficient (Wildman–Crippen LogP) is 3.06. The number of thioether (sulfide) groups is 1. The molecule has 0 radical (unpaired) electrons. The van der Waals surface area contributed by atoms with Crippen molar-refractivity contribution < 1.29 is 19.0 Å². The lowest BCUT2D eigenvalue weighted by molar-refractivity contribution is 0.0526. The van der Waals surface area contributed by atoms with Crippen LogP contribution in [0.1, 0.15) is 22.8 Å². The van der Waals surface area contributed by atoms with Gasteiger partial charge in [-0.3, -0.25) is 0 Å².